The Kier molecular flexibility index (Phi) is 4.86. The average Bonchev–Trinajstić information content (AvgIpc) is 3.33. The van der Waals surface area contributed by atoms with E-state index in [9.17, 15) is 4.79 Å². The first kappa shape index (κ1) is 17.9. The molecule has 0 aliphatic rings. The highest BCUT2D eigenvalue weighted by atomic mass is 16.5. The highest BCUT2D eigenvalue weighted by Gasteiger charge is 2.17. The number of fused-ring (bicyclic) bond motifs is 1. The molecule has 8 nitrogen and oxygen atoms in total. The molecule has 1 amide bonds. The zero-order chi connectivity index (χ0) is 19.5. The van der Waals surface area contributed by atoms with Gasteiger partial charge in [0.05, 0.1) is 30.0 Å². The molecule has 0 spiro atoms. The van der Waals surface area contributed by atoms with E-state index in [4.69, 9.17) is 4.74 Å². The Hall–Kier alpha value is -3.52. The summed E-state index contributed by atoms with van der Waals surface area (Å²) >= 11 is 0. The molecule has 1 N–H and O–H groups in total. The van der Waals surface area contributed by atoms with Crippen molar-refractivity contribution >= 4 is 17.2 Å². The van der Waals surface area contributed by atoms with E-state index in [1.54, 1.807) is 27.8 Å². The lowest BCUT2D eigenvalue weighted by Crippen LogP contribution is -2.12. The van der Waals surface area contributed by atoms with Gasteiger partial charge in [-0.15, -0.1) is 0 Å². The molecular formula is C20H20N6O2. The van der Waals surface area contributed by atoms with Crippen LogP contribution in [-0.2, 0) is 11.5 Å². The number of hydrogen-bond donors (Lipinski definition) is 1. The highest BCUT2D eigenvalue weighted by molar-refractivity contribution is 6.08. The summed E-state index contributed by atoms with van der Waals surface area (Å²) < 4.78 is 8.59. The van der Waals surface area contributed by atoms with E-state index in [0.29, 0.717) is 30.2 Å². The van der Waals surface area contributed by atoms with Crippen LogP contribution in [0.4, 0.5) is 5.69 Å². The predicted molar refractivity (Wildman–Crippen MR) is 105 cm³/mol. The van der Waals surface area contributed by atoms with Crippen molar-refractivity contribution < 1.29 is 9.53 Å². The number of amides is 1. The van der Waals surface area contributed by atoms with Crippen LogP contribution in [0.1, 0.15) is 22.8 Å². The maximum Gasteiger partial charge on any atom is 0.261 e. The zero-order valence-electron chi connectivity index (χ0n) is 15.7. The van der Waals surface area contributed by atoms with Gasteiger partial charge < -0.3 is 10.1 Å². The number of carbonyl (C=O) groups is 1. The zero-order valence-corrected chi connectivity index (χ0v) is 15.7. The summed E-state index contributed by atoms with van der Waals surface area (Å²) in [4.78, 5) is 17.1. The Morgan fingerprint density at radius 3 is 2.75 bits per heavy atom. The molecule has 0 aliphatic heterocycles. The van der Waals surface area contributed by atoms with E-state index in [1.165, 1.54) is 11.8 Å². The number of benzene rings is 1. The van der Waals surface area contributed by atoms with Gasteiger partial charge in [-0.2, -0.15) is 10.2 Å². The molecule has 4 aromatic rings. The highest BCUT2D eigenvalue weighted by Crippen LogP contribution is 2.22. The van der Waals surface area contributed by atoms with Crippen molar-refractivity contribution in [2.45, 2.75) is 20.6 Å². The standard InChI is InChI=1S/C20H20N6O2/c1-3-28-13-25-12-16(10-22-25)24-20(27)17-11-23-26-18(8-9-21-19(17)26)15-6-4-14(2)5-7-15/h4-12H,3,13H2,1-2H3,(H,24,27). The third-order valence-corrected chi connectivity index (χ3v) is 4.31. The number of hydrogen-bond acceptors (Lipinski definition) is 5. The Bertz CT molecular complexity index is 1110. The summed E-state index contributed by atoms with van der Waals surface area (Å²) in [6.45, 7) is 4.89. The van der Waals surface area contributed by atoms with Crippen LogP contribution in [0, 0.1) is 6.92 Å². The van der Waals surface area contributed by atoms with Crippen molar-refractivity contribution in [3.63, 3.8) is 0 Å². The SMILES string of the molecule is CCOCn1cc(NC(=O)c2cnn3c(-c4ccc(C)cc4)ccnc23)cn1. The minimum Gasteiger partial charge on any atom is -0.360 e. The van der Waals surface area contributed by atoms with Gasteiger partial charge in [-0.05, 0) is 19.9 Å². The Balaban J connectivity index is 1.61. The summed E-state index contributed by atoms with van der Waals surface area (Å²) in [6.07, 6.45) is 6.50. The smallest absolute Gasteiger partial charge is 0.261 e. The first-order chi connectivity index (χ1) is 13.7. The molecule has 0 radical (unpaired) electrons. The lowest BCUT2D eigenvalue weighted by atomic mass is 10.1. The normalized spacial score (nSPS) is 11.1. The maximum absolute atomic E-state index is 12.7. The molecule has 4 rings (SSSR count). The molecule has 3 heterocycles. The minimum absolute atomic E-state index is 0.292. The quantitative estimate of drug-likeness (QED) is 0.559. The number of ether oxygens (including phenoxy) is 1. The summed E-state index contributed by atoms with van der Waals surface area (Å²) in [5.74, 6) is -0.292. The first-order valence-electron chi connectivity index (χ1n) is 8.97. The third kappa shape index (κ3) is 3.49. The molecule has 8 heteroatoms. The van der Waals surface area contributed by atoms with Crippen LogP contribution in [0.5, 0.6) is 0 Å². The first-order valence-corrected chi connectivity index (χ1v) is 8.97. The molecule has 0 bridgehead atoms. The second kappa shape index (κ2) is 7.61. The number of anilines is 1. The molecule has 0 fully saturated rings. The van der Waals surface area contributed by atoms with Crippen molar-refractivity contribution in [3.05, 3.63) is 66.2 Å². The van der Waals surface area contributed by atoms with Crippen LogP contribution in [-0.4, -0.2) is 36.9 Å². The van der Waals surface area contributed by atoms with E-state index in [-0.39, 0.29) is 5.91 Å². The molecule has 0 atom stereocenters. The molecule has 1 aromatic carbocycles. The van der Waals surface area contributed by atoms with Crippen LogP contribution in [0.25, 0.3) is 16.9 Å². The lowest BCUT2D eigenvalue weighted by molar-refractivity contribution is 0.0792. The maximum atomic E-state index is 12.7. The van der Waals surface area contributed by atoms with Crippen molar-refractivity contribution in [1.29, 1.82) is 0 Å². The monoisotopic (exact) mass is 376 g/mol. The minimum atomic E-state index is -0.292. The Morgan fingerprint density at radius 2 is 1.96 bits per heavy atom. The van der Waals surface area contributed by atoms with Gasteiger partial charge in [0.2, 0.25) is 0 Å². The fraction of sp³-hybridized carbons (Fsp3) is 0.200. The van der Waals surface area contributed by atoms with Gasteiger partial charge in [-0.1, -0.05) is 29.8 Å². The van der Waals surface area contributed by atoms with Gasteiger partial charge >= 0.3 is 0 Å². The number of rotatable bonds is 6. The lowest BCUT2D eigenvalue weighted by Gasteiger charge is -2.06. The van der Waals surface area contributed by atoms with Crippen LogP contribution >= 0.6 is 0 Å². The van der Waals surface area contributed by atoms with Gasteiger partial charge in [-0.3, -0.25) is 4.79 Å². The summed E-state index contributed by atoms with van der Waals surface area (Å²) in [5, 5.41) is 11.4. The van der Waals surface area contributed by atoms with Crippen LogP contribution in [0.2, 0.25) is 0 Å². The number of aryl methyl sites for hydroxylation is 1. The largest absolute Gasteiger partial charge is 0.360 e. The number of aromatic nitrogens is 5. The second-order valence-corrected chi connectivity index (χ2v) is 6.33. The summed E-state index contributed by atoms with van der Waals surface area (Å²) in [6, 6.07) is 10.0. The summed E-state index contributed by atoms with van der Waals surface area (Å²) in [7, 11) is 0. The summed E-state index contributed by atoms with van der Waals surface area (Å²) in [5.41, 5.74) is 4.53. The fourth-order valence-corrected chi connectivity index (χ4v) is 2.88. The van der Waals surface area contributed by atoms with E-state index in [0.717, 1.165) is 11.3 Å². The molecule has 28 heavy (non-hydrogen) atoms. The Labute approximate surface area is 161 Å². The third-order valence-electron chi connectivity index (χ3n) is 4.31. The number of nitrogens with one attached hydrogen (secondary N) is 1. The molecule has 0 saturated heterocycles. The fourth-order valence-electron chi connectivity index (χ4n) is 2.88. The number of nitrogens with zero attached hydrogens (tertiary/aromatic N) is 5. The molecule has 3 aromatic heterocycles. The van der Waals surface area contributed by atoms with Crippen molar-refractivity contribution in [1.82, 2.24) is 24.4 Å². The van der Waals surface area contributed by atoms with Crippen LogP contribution < -0.4 is 5.32 Å². The van der Waals surface area contributed by atoms with E-state index >= 15 is 0 Å². The molecular weight excluding hydrogens is 356 g/mol. The van der Waals surface area contributed by atoms with Gasteiger partial charge in [0.1, 0.15) is 12.3 Å². The van der Waals surface area contributed by atoms with E-state index in [2.05, 4.69) is 20.5 Å². The van der Waals surface area contributed by atoms with Gasteiger partial charge in [0.25, 0.3) is 5.91 Å². The van der Waals surface area contributed by atoms with E-state index in [1.807, 2.05) is 44.2 Å². The molecule has 142 valence electrons. The van der Waals surface area contributed by atoms with Crippen molar-refractivity contribution in [2.24, 2.45) is 0 Å². The topological polar surface area (TPSA) is 86.3 Å². The van der Waals surface area contributed by atoms with Crippen LogP contribution in [0.15, 0.2) is 55.1 Å². The van der Waals surface area contributed by atoms with Crippen molar-refractivity contribution in [3.8, 4) is 11.3 Å². The number of carbonyl (C=O) groups excluding carboxylic acids is 1. The van der Waals surface area contributed by atoms with E-state index < -0.39 is 0 Å². The second-order valence-electron chi connectivity index (χ2n) is 6.33. The van der Waals surface area contributed by atoms with Gasteiger partial charge in [-0.25, -0.2) is 14.2 Å². The molecule has 0 saturated carbocycles. The van der Waals surface area contributed by atoms with Crippen LogP contribution in [0.3, 0.4) is 0 Å². The van der Waals surface area contributed by atoms with Gasteiger partial charge in [0.15, 0.2) is 5.65 Å². The average molecular weight is 376 g/mol. The predicted octanol–water partition coefficient (Wildman–Crippen LogP) is 3.15. The van der Waals surface area contributed by atoms with Crippen molar-refractivity contribution in [2.75, 3.05) is 11.9 Å². The Morgan fingerprint density at radius 1 is 1.14 bits per heavy atom. The molecule has 0 unspecified atom stereocenters. The van der Waals surface area contributed by atoms with Gasteiger partial charge in [0, 0.05) is 18.4 Å². The molecule has 0 aliphatic carbocycles.